The lowest BCUT2D eigenvalue weighted by Gasteiger charge is -2.42. The molecule has 2 N–H and O–H groups in total. The third-order valence-electron chi connectivity index (χ3n) is 4.46. The molecule has 5 heteroatoms. The van der Waals surface area contributed by atoms with E-state index in [2.05, 4.69) is 16.7 Å². The lowest BCUT2D eigenvalue weighted by molar-refractivity contribution is -0.117. The summed E-state index contributed by atoms with van der Waals surface area (Å²) in [5.74, 6) is 5.49. The number of anilines is 2. The number of amides is 1. The van der Waals surface area contributed by atoms with Crippen LogP contribution in [-0.2, 0) is 11.3 Å². The van der Waals surface area contributed by atoms with Gasteiger partial charge >= 0.3 is 0 Å². The Bertz CT molecular complexity index is 867. The number of hydrogen-bond acceptors (Lipinski definition) is 3. The molecule has 0 bridgehead atoms. The Balaban J connectivity index is 1.89. The molecule has 4 nitrogen and oxygen atoms in total. The predicted molar refractivity (Wildman–Crippen MR) is 102 cm³/mol. The quantitative estimate of drug-likeness (QED) is 0.847. The molecule has 1 aliphatic heterocycles. The third kappa shape index (κ3) is 3.71. The van der Waals surface area contributed by atoms with E-state index in [1.807, 2.05) is 31.2 Å². The van der Waals surface area contributed by atoms with Crippen molar-refractivity contribution in [3.63, 3.8) is 0 Å². The molecule has 0 saturated carbocycles. The number of hydrogen-bond donors (Lipinski definition) is 1. The maximum absolute atomic E-state index is 13.8. The summed E-state index contributed by atoms with van der Waals surface area (Å²) in [7, 11) is 0. The highest BCUT2D eigenvalue weighted by Crippen LogP contribution is 2.37. The van der Waals surface area contributed by atoms with E-state index in [0.29, 0.717) is 19.6 Å². The van der Waals surface area contributed by atoms with Gasteiger partial charge in [0.1, 0.15) is 5.82 Å². The van der Waals surface area contributed by atoms with Crippen molar-refractivity contribution in [1.82, 2.24) is 0 Å². The van der Waals surface area contributed by atoms with Gasteiger partial charge in [-0.3, -0.25) is 4.79 Å². The zero-order valence-electron chi connectivity index (χ0n) is 15.0. The van der Waals surface area contributed by atoms with Crippen LogP contribution in [0, 0.1) is 17.7 Å². The molecule has 1 aliphatic rings. The van der Waals surface area contributed by atoms with Gasteiger partial charge in [0.15, 0.2) is 0 Å². The van der Waals surface area contributed by atoms with Gasteiger partial charge in [-0.15, -0.1) is 0 Å². The van der Waals surface area contributed by atoms with Crippen LogP contribution in [-0.4, -0.2) is 25.0 Å². The van der Waals surface area contributed by atoms with Crippen LogP contribution < -0.4 is 15.5 Å². The first kappa shape index (κ1) is 18.0. The molecule has 2 aromatic carbocycles. The summed E-state index contributed by atoms with van der Waals surface area (Å²) in [6, 6.07) is 12.5. The van der Waals surface area contributed by atoms with Gasteiger partial charge in [-0.2, -0.15) is 0 Å². The van der Waals surface area contributed by atoms with Gasteiger partial charge < -0.3 is 15.5 Å². The van der Waals surface area contributed by atoms with Crippen molar-refractivity contribution in [1.29, 1.82) is 0 Å². The fourth-order valence-corrected chi connectivity index (χ4v) is 3.39. The van der Waals surface area contributed by atoms with Crippen molar-refractivity contribution in [2.24, 2.45) is 5.73 Å². The first-order valence-corrected chi connectivity index (χ1v) is 8.61. The van der Waals surface area contributed by atoms with E-state index in [-0.39, 0.29) is 17.8 Å². The summed E-state index contributed by atoms with van der Waals surface area (Å²) in [6.45, 7) is 5.16. The number of rotatable bonds is 2. The fraction of sp³-hybridized carbons (Fsp3) is 0.286. The summed E-state index contributed by atoms with van der Waals surface area (Å²) in [5, 5.41) is 0. The Morgan fingerprint density at radius 2 is 1.96 bits per heavy atom. The molecule has 0 radical (unpaired) electrons. The van der Waals surface area contributed by atoms with Crippen molar-refractivity contribution in [3.8, 4) is 11.8 Å². The molecule has 0 aromatic heterocycles. The molecule has 0 fully saturated rings. The van der Waals surface area contributed by atoms with Gasteiger partial charge in [0, 0.05) is 25.6 Å². The van der Waals surface area contributed by atoms with Gasteiger partial charge in [0.05, 0.1) is 24.0 Å². The Morgan fingerprint density at radius 3 is 2.62 bits per heavy atom. The minimum Gasteiger partial charge on any atom is -0.363 e. The average molecular weight is 351 g/mol. The zero-order valence-corrected chi connectivity index (χ0v) is 15.0. The number of fused-ring (bicyclic) bond motifs is 1. The molecule has 1 amide bonds. The maximum atomic E-state index is 13.8. The highest BCUT2D eigenvalue weighted by Gasteiger charge is 2.30. The van der Waals surface area contributed by atoms with Crippen molar-refractivity contribution in [2.45, 2.75) is 26.4 Å². The molecular formula is C21H22FN3O. The van der Waals surface area contributed by atoms with Crippen molar-refractivity contribution in [2.75, 3.05) is 22.9 Å². The van der Waals surface area contributed by atoms with Crippen molar-refractivity contribution < 1.29 is 9.18 Å². The molecule has 1 unspecified atom stereocenters. The molecule has 3 rings (SSSR count). The monoisotopic (exact) mass is 351 g/mol. The normalized spacial score (nSPS) is 15.9. The topological polar surface area (TPSA) is 49.6 Å². The van der Waals surface area contributed by atoms with E-state index < -0.39 is 0 Å². The molecular weight excluding hydrogens is 329 g/mol. The van der Waals surface area contributed by atoms with Gasteiger partial charge in [-0.05, 0) is 42.8 Å². The average Bonchev–Trinajstić information content (AvgIpc) is 2.61. The molecule has 0 aliphatic carbocycles. The predicted octanol–water partition coefficient (Wildman–Crippen LogP) is 2.90. The number of benzene rings is 2. The van der Waals surface area contributed by atoms with Crippen LogP contribution in [0.2, 0.25) is 0 Å². The van der Waals surface area contributed by atoms with E-state index in [0.717, 1.165) is 22.5 Å². The standard InChI is InChI=1S/C21H22FN3O/c1-15-13-24(14-18-7-5-17(6-8-18)4-3-11-23)21-12-19(22)9-10-20(21)25(15)16(2)26/h5-10,12,15H,11,13-14,23H2,1-2H3. The van der Waals surface area contributed by atoms with Crippen LogP contribution >= 0.6 is 0 Å². The number of carbonyl (C=O) groups is 1. The number of nitrogens with two attached hydrogens (primary N) is 1. The molecule has 1 heterocycles. The molecule has 0 saturated heterocycles. The van der Waals surface area contributed by atoms with E-state index in [1.165, 1.54) is 12.1 Å². The van der Waals surface area contributed by atoms with Crippen LogP contribution in [0.25, 0.3) is 0 Å². The highest BCUT2D eigenvalue weighted by molar-refractivity contribution is 5.97. The SMILES string of the molecule is CC(=O)N1c2ccc(F)cc2N(Cc2ccc(C#CCN)cc2)CC1C. The second-order valence-corrected chi connectivity index (χ2v) is 6.45. The van der Waals surface area contributed by atoms with Crippen LogP contribution in [0.5, 0.6) is 0 Å². The van der Waals surface area contributed by atoms with Crippen molar-refractivity contribution >= 4 is 17.3 Å². The van der Waals surface area contributed by atoms with Crippen LogP contribution in [0.15, 0.2) is 42.5 Å². The Labute approximate surface area is 153 Å². The molecule has 26 heavy (non-hydrogen) atoms. The molecule has 1 atom stereocenters. The summed E-state index contributed by atoms with van der Waals surface area (Å²) >= 11 is 0. The van der Waals surface area contributed by atoms with Crippen LogP contribution in [0.1, 0.15) is 25.0 Å². The number of nitrogens with zero attached hydrogens (tertiary/aromatic N) is 2. The summed E-state index contributed by atoms with van der Waals surface area (Å²) in [6.07, 6.45) is 0. The van der Waals surface area contributed by atoms with Crippen LogP contribution in [0.3, 0.4) is 0 Å². The minimum absolute atomic E-state index is 0.0140. The van der Waals surface area contributed by atoms with E-state index in [9.17, 15) is 9.18 Å². The third-order valence-corrected chi connectivity index (χ3v) is 4.46. The van der Waals surface area contributed by atoms with E-state index in [4.69, 9.17) is 5.73 Å². The van der Waals surface area contributed by atoms with E-state index in [1.54, 1.807) is 17.9 Å². The number of halogens is 1. The summed E-state index contributed by atoms with van der Waals surface area (Å²) in [5.41, 5.74) is 8.90. The second-order valence-electron chi connectivity index (χ2n) is 6.45. The zero-order chi connectivity index (χ0) is 18.7. The first-order chi connectivity index (χ1) is 12.5. The Hall–Kier alpha value is -2.84. The Morgan fingerprint density at radius 1 is 1.23 bits per heavy atom. The maximum Gasteiger partial charge on any atom is 0.224 e. The lowest BCUT2D eigenvalue weighted by Crippen LogP contribution is -2.49. The fourth-order valence-electron chi connectivity index (χ4n) is 3.39. The molecule has 2 aromatic rings. The smallest absolute Gasteiger partial charge is 0.224 e. The van der Waals surface area contributed by atoms with Gasteiger partial charge in [0.2, 0.25) is 5.91 Å². The first-order valence-electron chi connectivity index (χ1n) is 8.61. The highest BCUT2D eigenvalue weighted by atomic mass is 19.1. The Kier molecular flexibility index (Phi) is 5.24. The minimum atomic E-state index is -0.306. The van der Waals surface area contributed by atoms with Gasteiger partial charge in [-0.1, -0.05) is 24.0 Å². The lowest BCUT2D eigenvalue weighted by atomic mass is 10.1. The largest absolute Gasteiger partial charge is 0.363 e. The van der Waals surface area contributed by atoms with Gasteiger partial charge in [0.25, 0.3) is 0 Å². The molecule has 0 spiro atoms. The number of carbonyl (C=O) groups excluding carboxylic acids is 1. The van der Waals surface area contributed by atoms with Crippen LogP contribution in [0.4, 0.5) is 15.8 Å². The van der Waals surface area contributed by atoms with Crippen molar-refractivity contribution in [3.05, 3.63) is 59.4 Å². The van der Waals surface area contributed by atoms with E-state index >= 15 is 0 Å². The summed E-state index contributed by atoms with van der Waals surface area (Å²) < 4.78 is 13.8. The summed E-state index contributed by atoms with van der Waals surface area (Å²) in [4.78, 5) is 15.9. The molecule has 134 valence electrons. The van der Waals surface area contributed by atoms with Gasteiger partial charge in [-0.25, -0.2) is 4.39 Å². The second kappa shape index (κ2) is 7.59.